The van der Waals surface area contributed by atoms with Crippen LogP contribution in [0.15, 0.2) is 41.8 Å². The van der Waals surface area contributed by atoms with Gasteiger partial charge in [0.2, 0.25) is 0 Å². The molecule has 102 valence electrons. The van der Waals surface area contributed by atoms with Gasteiger partial charge in [0.15, 0.2) is 5.41 Å². The average Bonchev–Trinajstić information content (AvgIpc) is 2.53. The lowest BCUT2D eigenvalue weighted by atomic mass is 9.68. The number of thioether (sulfide) groups is 1. The third-order valence-electron chi connectivity index (χ3n) is 3.78. The highest BCUT2D eigenvalue weighted by atomic mass is 32.2. The average molecular weight is 284 g/mol. The van der Waals surface area contributed by atoms with Crippen molar-refractivity contribution in [3.63, 3.8) is 0 Å². The summed E-state index contributed by atoms with van der Waals surface area (Å²) in [6.07, 6.45) is 3.85. The molecule has 0 aliphatic carbocycles. The minimum absolute atomic E-state index is 0.170. The number of nitrogens with zero attached hydrogens (tertiary/aromatic N) is 2. The Balaban J connectivity index is 2.44. The number of nitriles is 2. The third kappa shape index (κ3) is 2.33. The molecular formula is C16H16N2OS. The van der Waals surface area contributed by atoms with Gasteiger partial charge in [-0.15, -0.1) is 18.3 Å². The first-order valence-corrected chi connectivity index (χ1v) is 7.65. The Morgan fingerprint density at radius 3 is 2.50 bits per heavy atom. The predicted octanol–water partition coefficient (Wildman–Crippen LogP) is 3.71. The minimum atomic E-state index is -1.19. The lowest BCUT2D eigenvalue weighted by Crippen LogP contribution is -2.39. The molecule has 0 spiro atoms. The molecule has 1 saturated heterocycles. The van der Waals surface area contributed by atoms with E-state index >= 15 is 0 Å². The molecule has 0 aromatic heterocycles. The fourth-order valence-electron chi connectivity index (χ4n) is 2.62. The second-order valence-electron chi connectivity index (χ2n) is 4.75. The van der Waals surface area contributed by atoms with E-state index in [9.17, 15) is 10.5 Å². The molecular weight excluding hydrogens is 268 g/mol. The minimum Gasteiger partial charge on any atom is -0.371 e. The molecule has 0 radical (unpaired) electrons. The molecule has 0 unspecified atom stereocenters. The Hall–Kier alpha value is -1.75. The normalized spacial score (nSPS) is 24.4. The summed E-state index contributed by atoms with van der Waals surface area (Å²) in [7, 11) is 0. The van der Waals surface area contributed by atoms with E-state index in [-0.39, 0.29) is 5.92 Å². The van der Waals surface area contributed by atoms with Crippen molar-refractivity contribution in [2.45, 2.75) is 17.4 Å². The molecule has 2 atom stereocenters. The SMILES string of the molecule is C=C[C@@H]1CCO[C@@H](c2ccc(SC)cc2)C1(C#N)C#N. The maximum atomic E-state index is 9.57. The predicted molar refractivity (Wildman–Crippen MR) is 78.9 cm³/mol. The summed E-state index contributed by atoms with van der Waals surface area (Å²) in [5.74, 6) is -0.170. The van der Waals surface area contributed by atoms with Gasteiger partial charge in [-0.05, 0) is 30.4 Å². The van der Waals surface area contributed by atoms with Gasteiger partial charge < -0.3 is 4.74 Å². The van der Waals surface area contributed by atoms with E-state index in [1.54, 1.807) is 17.8 Å². The van der Waals surface area contributed by atoms with Crippen LogP contribution in [0.4, 0.5) is 0 Å². The Morgan fingerprint density at radius 2 is 2.00 bits per heavy atom. The van der Waals surface area contributed by atoms with Crippen molar-refractivity contribution in [1.29, 1.82) is 10.5 Å². The van der Waals surface area contributed by atoms with Gasteiger partial charge in [0.1, 0.15) is 6.10 Å². The van der Waals surface area contributed by atoms with E-state index in [1.165, 1.54) is 0 Å². The maximum absolute atomic E-state index is 9.57. The first-order chi connectivity index (χ1) is 9.71. The van der Waals surface area contributed by atoms with Gasteiger partial charge in [-0.3, -0.25) is 0 Å². The number of rotatable bonds is 3. The Labute approximate surface area is 123 Å². The summed E-state index contributed by atoms with van der Waals surface area (Å²) in [6, 6.07) is 12.2. The molecule has 4 heteroatoms. The lowest BCUT2D eigenvalue weighted by molar-refractivity contribution is -0.0577. The highest BCUT2D eigenvalue weighted by Crippen LogP contribution is 2.47. The molecule has 1 fully saturated rings. The van der Waals surface area contributed by atoms with Crippen molar-refractivity contribution in [3.05, 3.63) is 42.5 Å². The van der Waals surface area contributed by atoms with Crippen LogP contribution < -0.4 is 0 Å². The van der Waals surface area contributed by atoms with Crippen LogP contribution in [0.2, 0.25) is 0 Å². The number of benzene rings is 1. The number of hydrogen-bond donors (Lipinski definition) is 0. The first-order valence-electron chi connectivity index (χ1n) is 6.42. The molecule has 1 aromatic rings. The van der Waals surface area contributed by atoms with Crippen LogP contribution in [0.25, 0.3) is 0 Å². The number of hydrogen-bond acceptors (Lipinski definition) is 4. The van der Waals surface area contributed by atoms with Crippen LogP contribution in [0.3, 0.4) is 0 Å². The van der Waals surface area contributed by atoms with Gasteiger partial charge in [-0.25, -0.2) is 0 Å². The molecule has 0 N–H and O–H groups in total. The standard InChI is InChI=1S/C16H16N2OS/c1-3-13-8-9-19-15(16(13,10-17)11-18)12-4-6-14(20-2)7-5-12/h3-7,13,15H,1,8-9H2,2H3/t13-,15+/m1/s1. The molecule has 20 heavy (non-hydrogen) atoms. The summed E-state index contributed by atoms with van der Waals surface area (Å²) in [5, 5.41) is 19.1. The molecule has 3 nitrogen and oxygen atoms in total. The zero-order chi connectivity index (χ0) is 14.6. The second kappa shape index (κ2) is 6.13. The van der Waals surface area contributed by atoms with E-state index < -0.39 is 11.5 Å². The molecule has 0 amide bonds. The molecule has 0 bridgehead atoms. The van der Waals surface area contributed by atoms with Crippen LogP contribution in [-0.4, -0.2) is 12.9 Å². The van der Waals surface area contributed by atoms with Crippen LogP contribution in [0.5, 0.6) is 0 Å². The molecule has 1 aliphatic rings. The van der Waals surface area contributed by atoms with Crippen molar-refractivity contribution in [1.82, 2.24) is 0 Å². The van der Waals surface area contributed by atoms with Crippen LogP contribution >= 0.6 is 11.8 Å². The highest BCUT2D eigenvalue weighted by Gasteiger charge is 2.49. The third-order valence-corrected chi connectivity index (χ3v) is 4.53. The lowest BCUT2D eigenvalue weighted by Gasteiger charge is -2.39. The van der Waals surface area contributed by atoms with E-state index in [1.807, 2.05) is 30.5 Å². The molecule has 1 aliphatic heterocycles. The second-order valence-corrected chi connectivity index (χ2v) is 5.63. The topological polar surface area (TPSA) is 56.8 Å². The van der Waals surface area contributed by atoms with E-state index in [4.69, 9.17) is 4.74 Å². The van der Waals surface area contributed by atoms with E-state index in [0.29, 0.717) is 13.0 Å². The van der Waals surface area contributed by atoms with Crippen molar-refractivity contribution in [2.75, 3.05) is 12.9 Å². The Kier molecular flexibility index (Phi) is 4.49. The van der Waals surface area contributed by atoms with E-state index in [0.717, 1.165) is 10.5 Å². The first kappa shape index (κ1) is 14.7. The summed E-state index contributed by atoms with van der Waals surface area (Å²) >= 11 is 1.65. The van der Waals surface area contributed by atoms with Crippen LogP contribution in [0.1, 0.15) is 18.1 Å². The largest absolute Gasteiger partial charge is 0.371 e. The summed E-state index contributed by atoms with van der Waals surface area (Å²) < 4.78 is 5.77. The molecule has 2 rings (SSSR count). The Morgan fingerprint density at radius 1 is 1.35 bits per heavy atom. The van der Waals surface area contributed by atoms with Crippen molar-refractivity contribution in [2.24, 2.45) is 11.3 Å². The summed E-state index contributed by atoms with van der Waals surface area (Å²) in [5.41, 5.74) is -0.321. The van der Waals surface area contributed by atoms with Gasteiger partial charge in [0, 0.05) is 17.4 Å². The van der Waals surface area contributed by atoms with Crippen molar-refractivity contribution < 1.29 is 4.74 Å². The fraction of sp³-hybridized carbons (Fsp3) is 0.375. The summed E-state index contributed by atoms with van der Waals surface area (Å²) in [4.78, 5) is 1.14. The zero-order valence-corrected chi connectivity index (χ0v) is 12.2. The molecule has 1 aromatic carbocycles. The van der Waals surface area contributed by atoms with Gasteiger partial charge >= 0.3 is 0 Å². The van der Waals surface area contributed by atoms with Gasteiger partial charge in [-0.1, -0.05) is 18.2 Å². The maximum Gasteiger partial charge on any atom is 0.180 e. The van der Waals surface area contributed by atoms with Crippen molar-refractivity contribution in [3.8, 4) is 12.1 Å². The highest BCUT2D eigenvalue weighted by molar-refractivity contribution is 7.98. The smallest absolute Gasteiger partial charge is 0.180 e. The van der Waals surface area contributed by atoms with Gasteiger partial charge in [0.05, 0.1) is 12.1 Å². The quantitative estimate of drug-likeness (QED) is 0.627. The van der Waals surface area contributed by atoms with Gasteiger partial charge in [0.25, 0.3) is 0 Å². The fourth-order valence-corrected chi connectivity index (χ4v) is 3.02. The van der Waals surface area contributed by atoms with Crippen LogP contribution in [0, 0.1) is 34.0 Å². The number of ether oxygens (including phenoxy) is 1. The summed E-state index contributed by atoms with van der Waals surface area (Å²) in [6.45, 7) is 4.31. The monoisotopic (exact) mass is 284 g/mol. The van der Waals surface area contributed by atoms with Crippen molar-refractivity contribution >= 4 is 11.8 Å². The Bertz CT molecular complexity index is 554. The zero-order valence-electron chi connectivity index (χ0n) is 11.4. The molecule has 1 heterocycles. The van der Waals surface area contributed by atoms with Gasteiger partial charge in [-0.2, -0.15) is 10.5 Å². The van der Waals surface area contributed by atoms with E-state index in [2.05, 4.69) is 18.7 Å². The molecule has 0 saturated carbocycles. The van der Waals surface area contributed by atoms with Crippen LogP contribution in [-0.2, 0) is 4.74 Å². The number of allylic oxidation sites excluding steroid dienone is 1.